The van der Waals surface area contributed by atoms with Crippen molar-refractivity contribution < 1.29 is 4.79 Å². The summed E-state index contributed by atoms with van der Waals surface area (Å²) >= 11 is 0. The summed E-state index contributed by atoms with van der Waals surface area (Å²) in [5, 5.41) is 10.4. The van der Waals surface area contributed by atoms with E-state index in [0.717, 1.165) is 42.8 Å². The fourth-order valence-corrected chi connectivity index (χ4v) is 3.39. The molecule has 4 rings (SSSR count). The highest BCUT2D eigenvalue weighted by Gasteiger charge is 2.30. The number of pyridine rings is 1. The summed E-state index contributed by atoms with van der Waals surface area (Å²) < 4.78 is 0. The first-order valence-electron chi connectivity index (χ1n) is 9.22. The van der Waals surface area contributed by atoms with Crippen molar-refractivity contribution in [2.45, 2.75) is 31.8 Å². The summed E-state index contributed by atoms with van der Waals surface area (Å²) in [5.74, 6) is 1.36. The second kappa shape index (κ2) is 7.99. The fraction of sp³-hybridized carbons (Fsp3) is 0.300. The second-order valence-electron chi connectivity index (χ2n) is 6.63. The second-order valence-corrected chi connectivity index (χ2v) is 6.63. The van der Waals surface area contributed by atoms with Crippen molar-refractivity contribution in [2.24, 2.45) is 0 Å². The average Bonchev–Trinajstić information content (AvgIpc) is 3.23. The third-order valence-corrected chi connectivity index (χ3v) is 4.81. The third-order valence-electron chi connectivity index (χ3n) is 4.81. The Balaban J connectivity index is 1.47. The van der Waals surface area contributed by atoms with E-state index in [1.807, 2.05) is 47.4 Å². The highest BCUT2D eigenvalue weighted by atomic mass is 16.2. The number of amides is 2. The fourth-order valence-electron chi connectivity index (χ4n) is 3.39. The molecule has 2 N–H and O–H groups in total. The Morgan fingerprint density at radius 1 is 1.15 bits per heavy atom. The maximum atomic E-state index is 12.8. The molecule has 7 heteroatoms. The lowest BCUT2D eigenvalue weighted by Crippen LogP contribution is -2.44. The summed E-state index contributed by atoms with van der Waals surface area (Å²) in [5.41, 5.74) is 1.99. The SMILES string of the molecule is O=C(NCc1ccccc1)N1CCCCC1c1nc(-c2ccncc2)n[nH]1. The van der Waals surface area contributed by atoms with Crippen molar-refractivity contribution in [3.05, 3.63) is 66.2 Å². The molecule has 1 aromatic carbocycles. The van der Waals surface area contributed by atoms with Crippen LogP contribution < -0.4 is 5.32 Å². The van der Waals surface area contributed by atoms with Gasteiger partial charge in [0.05, 0.1) is 6.04 Å². The number of urea groups is 1. The van der Waals surface area contributed by atoms with Gasteiger partial charge in [-0.2, -0.15) is 5.10 Å². The van der Waals surface area contributed by atoms with E-state index in [2.05, 4.69) is 25.5 Å². The van der Waals surface area contributed by atoms with E-state index in [1.165, 1.54) is 0 Å². The van der Waals surface area contributed by atoms with Gasteiger partial charge in [-0.3, -0.25) is 10.1 Å². The highest BCUT2D eigenvalue weighted by molar-refractivity contribution is 5.74. The predicted octanol–water partition coefficient (Wildman–Crippen LogP) is 3.30. The Morgan fingerprint density at radius 2 is 1.96 bits per heavy atom. The van der Waals surface area contributed by atoms with E-state index in [1.54, 1.807) is 12.4 Å². The van der Waals surface area contributed by atoms with Crippen molar-refractivity contribution in [2.75, 3.05) is 6.54 Å². The Labute approximate surface area is 157 Å². The van der Waals surface area contributed by atoms with Crippen LogP contribution in [0.4, 0.5) is 4.79 Å². The number of benzene rings is 1. The van der Waals surface area contributed by atoms with Gasteiger partial charge in [0, 0.05) is 31.0 Å². The quantitative estimate of drug-likeness (QED) is 0.745. The highest BCUT2D eigenvalue weighted by Crippen LogP contribution is 2.29. The number of rotatable bonds is 4. The number of carbonyl (C=O) groups is 1. The molecule has 3 aromatic rings. The molecule has 7 nitrogen and oxygen atoms in total. The van der Waals surface area contributed by atoms with Gasteiger partial charge in [0.2, 0.25) is 0 Å². The van der Waals surface area contributed by atoms with Crippen LogP contribution in [0.1, 0.15) is 36.7 Å². The minimum absolute atomic E-state index is 0.0644. The normalized spacial score (nSPS) is 16.9. The summed E-state index contributed by atoms with van der Waals surface area (Å²) in [6.45, 7) is 1.23. The van der Waals surface area contributed by atoms with E-state index in [9.17, 15) is 4.79 Å². The molecule has 2 amide bonds. The van der Waals surface area contributed by atoms with Crippen LogP contribution in [0.15, 0.2) is 54.9 Å². The molecular formula is C20H22N6O. The molecule has 1 saturated heterocycles. The van der Waals surface area contributed by atoms with Crippen molar-refractivity contribution in [1.82, 2.24) is 30.4 Å². The standard InChI is InChI=1S/C20H22N6O/c27-20(22-14-15-6-2-1-3-7-15)26-13-5-4-8-17(26)19-23-18(24-25-19)16-9-11-21-12-10-16/h1-3,6-7,9-12,17H,4-5,8,13-14H2,(H,22,27)(H,23,24,25). The molecule has 1 aliphatic heterocycles. The summed E-state index contributed by atoms with van der Waals surface area (Å²) in [6.07, 6.45) is 6.38. The molecule has 27 heavy (non-hydrogen) atoms. The summed E-state index contributed by atoms with van der Waals surface area (Å²) in [6, 6.07) is 13.5. The van der Waals surface area contributed by atoms with Crippen molar-refractivity contribution in [3.8, 4) is 11.4 Å². The van der Waals surface area contributed by atoms with Crippen LogP contribution in [0.25, 0.3) is 11.4 Å². The Kier molecular flexibility index (Phi) is 5.09. The van der Waals surface area contributed by atoms with Crippen molar-refractivity contribution in [1.29, 1.82) is 0 Å². The number of H-pyrrole nitrogens is 1. The Hall–Kier alpha value is -3.22. The molecule has 3 heterocycles. The van der Waals surface area contributed by atoms with Crippen LogP contribution >= 0.6 is 0 Å². The average molecular weight is 362 g/mol. The van der Waals surface area contributed by atoms with Crippen LogP contribution in [0.3, 0.4) is 0 Å². The third kappa shape index (κ3) is 3.97. The molecule has 1 unspecified atom stereocenters. The smallest absolute Gasteiger partial charge is 0.318 e. The lowest BCUT2D eigenvalue weighted by molar-refractivity contribution is 0.147. The molecule has 0 spiro atoms. The molecule has 0 aliphatic carbocycles. The lowest BCUT2D eigenvalue weighted by Gasteiger charge is -2.34. The van der Waals surface area contributed by atoms with Gasteiger partial charge in [0.15, 0.2) is 5.82 Å². The number of nitrogens with one attached hydrogen (secondary N) is 2. The van der Waals surface area contributed by atoms with Crippen LogP contribution in [-0.2, 0) is 6.54 Å². The van der Waals surface area contributed by atoms with Gasteiger partial charge in [-0.15, -0.1) is 0 Å². The van der Waals surface area contributed by atoms with Gasteiger partial charge in [0.25, 0.3) is 0 Å². The number of piperidine rings is 1. The molecule has 1 atom stereocenters. The maximum Gasteiger partial charge on any atom is 0.318 e. The minimum atomic E-state index is -0.0855. The molecular weight excluding hydrogens is 340 g/mol. The number of carbonyl (C=O) groups excluding carboxylic acids is 1. The van der Waals surface area contributed by atoms with E-state index >= 15 is 0 Å². The van der Waals surface area contributed by atoms with Crippen LogP contribution in [-0.4, -0.2) is 37.6 Å². The molecule has 0 bridgehead atoms. The first kappa shape index (κ1) is 17.2. The monoisotopic (exact) mass is 362 g/mol. The number of hydrogen-bond acceptors (Lipinski definition) is 4. The molecule has 2 aromatic heterocycles. The van der Waals surface area contributed by atoms with Crippen LogP contribution in [0.5, 0.6) is 0 Å². The number of hydrogen-bond donors (Lipinski definition) is 2. The molecule has 1 aliphatic rings. The number of likely N-dealkylation sites (tertiary alicyclic amines) is 1. The minimum Gasteiger partial charge on any atom is -0.334 e. The molecule has 1 fully saturated rings. The number of aromatic amines is 1. The lowest BCUT2D eigenvalue weighted by atomic mass is 10.0. The van der Waals surface area contributed by atoms with Gasteiger partial charge in [-0.1, -0.05) is 30.3 Å². The largest absolute Gasteiger partial charge is 0.334 e. The van der Waals surface area contributed by atoms with Crippen molar-refractivity contribution >= 4 is 6.03 Å². The van der Waals surface area contributed by atoms with Crippen LogP contribution in [0, 0.1) is 0 Å². The van der Waals surface area contributed by atoms with Gasteiger partial charge >= 0.3 is 6.03 Å². The van der Waals surface area contributed by atoms with E-state index < -0.39 is 0 Å². The van der Waals surface area contributed by atoms with Crippen LogP contribution in [0.2, 0.25) is 0 Å². The van der Waals surface area contributed by atoms with Gasteiger partial charge in [-0.05, 0) is 37.0 Å². The first-order chi connectivity index (χ1) is 13.3. The summed E-state index contributed by atoms with van der Waals surface area (Å²) in [4.78, 5) is 23.3. The Bertz CT molecular complexity index is 880. The zero-order valence-corrected chi connectivity index (χ0v) is 15.0. The molecule has 0 radical (unpaired) electrons. The number of aromatic nitrogens is 4. The first-order valence-corrected chi connectivity index (χ1v) is 9.22. The van der Waals surface area contributed by atoms with E-state index in [0.29, 0.717) is 12.4 Å². The zero-order chi connectivity index (χ0) is 18.5. The zero-order valence-electron chi connectivity index (χ0n) is 15.0. The van der Waals surface area contributed by atoms with Gasteiger partial charge < -0.3 is 10.2 Å². The predicted molar refractivity (Wildman–Crippen MR) is 102 cm³/mol. The summed E-state index contributed by atoms with van der Waals surface area (Å²) in [7, 11) is 0. The van der Waals surface area contributed by atoms with Gasteiger partial charge in [-0.25, -0.2) is 9.78 Å². The Morgan fingerprint density at radius 3 is 2.78 bits per heavy atom. The maximum absolute atomic E-state index is 12.8. The van der Waals surface area contributed by atoms with E-state index in [4.69, 9.17) is 0 Å². The van der Waals surface area contributed by atoms with Crippen molar-refractivity contribution in [3.63, 3.8) is 0 Å². The van der Waals surface area contributed by atoms with E-state index in [-0.39, 0.29) is 12.1 Å². The molecule has 138 valence electrons. The number of nitrogens with zero attached hydrogens (tertiary/aromatic N) is 4. The topological polar surface area (TPSA) is 86.8 Å². The molecule has 0 saturated carbocycles. The van der Waals surface area contributed by atoms with Gasteiger partial charge in [0.1, 0.15) is 5.82 Å².